The lowest BCUT2D eigenvalue weighted by atomic mass is 9.89. The third-order valence-electron chi connectivity index (χ3n) is 8.95. The summed E-state index contributed by atoms with van der Waals surface area (Å²) in [5, 5.41) is 4.67. The molecule has 0 unspecified atom stereocenters. The minimum atomic E-state index is 0.0355. The second kappa shape index (κ2) is 12.3. The first-order valence-corrected chi connectivity index (χ1v) is 15.2. The van der Waals surface area contributed by atoms with Crippen LogP contribution in [-0.4, -0.2) is 40.2 Å². The van der Waals surface area contributed by atoms with E-state index in [1.165, 1.54) is 50.5 Å². The van der Waals surface area contributed by atoms with Gasteiger partial charge in [0.05, 0.1) is 5.39 Å². The lowest BCUT2D eigenvalue weighted by molar-refractivity contribution is 0.415. The molecule has 0 bridgehead atoms. The number of fused-ring (bicyclic) bond motifs is 1. The van der Waals surface area contributed by atoms with Crippen LogP contribution in [0.3, 0.4) is 0 Å². The highest BCUT2D eigenvalue weighted by Gasteiger charge is 2.25. The Kier molecular flexibility index (Phi) is 8.25. The Morgan fingerprint density at radius 2 is 1.67 bits per heavy atom. The van der Waals surface area contributed by atoms with Gasteiger partial charge in [-0.3, -0.25) is 9.36 Å². The van der Waals surface area contributed by atoms with Gasteiger partial charge in [-0.15, -0.1) is 0 Å². The van der Waals surface area contributed by atoms with Gasteiger partial charge in [-0.1, -0.05) is 74.3 Å². The molecule has 0 atom stereocenters. The fraction of sp³-hybridized carbons (Fsp3) is 0.545. The number of pyridine rings is 1. The van der Waals surface area contributed by atoms with Crippen molar-refractivity contribution in [2.24, 2.45) is 5.92 Å². The molecule has 6 nitrogen and oxygen atoms in total. The number of anilines is 1. The molecule has 0 spiro atoms. The summed E-state index contributed by atoms with van der Waals surface area (Å²) in [7, 11) is 0. The minimum absolute atomic E-state index is 0.0355. The molecule has 6 rings (SSSR count). The molecule has 2 aromatic heterocycles. The van der Waals surface area contributed by atoms with Gasteiger partial charge in [-0.2, -0.15) is 4.98 Å². The summed E-state index contributed by atoms with van der Waals surface area (Å²) in [6, 6.07) is 13.2. The number of aromatic nitrogens is 3. The molecule has 2 aliphatic carbocycles. The van der Waals surface area contributed by atoms with E-state index in [1.807, 2.05) is 10.8 Å². The van der Waals surface area contributed by atoms with Gasteiger partial charge < -0.3 is 10.2 Å². The van der Waals surface area contributed by atoms with Gasteiger partial charge in [0.25, 0.3) is 5.56 Å². The number of nitrogens with one attached hydrogen (secondary N) is 1. The van der Waals surface area contributed by atoms with Crippen molar-refractivity contribution in [2.75, 3.05) is 24.5 Å². The highest BCUT2D eigenvalue weighted by atomic mass is 16.1. The smallest absolute Gasteiger partial charge is 0.253 e. The number of piperidine rings is 1. The van der Waals surface area contributed by atoms with Crippen LogP contribution in [0.4, 0.5) is 5.95 Å². The second-order valence-electron chi connectivity index (χ2n) is 11.7. The number of benzene rings is 1. The van der Waals surface area contributed by atoms with Crippen LogP contribution in [-0.2, 0) is 6.42 Å². The van der Waals surface area contributed by atoms with Crippen molar-refractivity contribution in [2.45, 2.75) is 89.1 Å². The van der Waals surface area contributed by atoms with E-state index in [2.05, 4.69) is 52.4 Å². The van der Waals surface area contributed by atoms with Crippen molar-refractivity contribution >= 4 is 17.0 Å². The molecule has 2 saturated carbocycles. The third-order valence-corrected chi connectivity index (χ3v) is 8.95. The van der Waals surface area contributed by atoms with Crippen molar-refractivity contribution in [1.82, 2.24) is 19.9 Å². The van der Waals surface area contributed by atoms with Gasteiger partial charge >= 0.3 is 0 Å². The predicted octanol–water partition coefficient (Wildman–Crippen LogP) is 5.64. The Labute approximate surface area is 232 Å². The quantitative estimate of drug-likeness (QED) is 0.424. The van der Waals surface area contributed by atoms with E-state index < -0.39 is 0 Å². The molecule has 39 heavy (non-hydrogen) atoms. The summed E-state index contributed by atoms with van der Waals surface area (Å²) < 4.78 is 1.96. The summed E-state index contributed by atoms with van der Waals surface area (Å²) in [5.74, 6) is 8.06. The highest BCUT2D eigenvalue weighted by Crippen LogP contribution is 2.31. The van der Waals surface area contributed by atoms with Crippen molar-refractivity contribution in [3.63, 3.8) is 0 Å². The first-order valence-electron chi connectivity index (χ1n) is 15.2. The number of hydrogen-bond donors (Lipinski definition) is 1. The zero-order chi connectivity index (χ0) is 26.4. The van der Waals surface area contributed by atoms with Crippen molar-refractivity contribution in [1.29, 1.82) is 0 Å². The van der Waals surface area contributed by atoms with Crippen LogP contribution < -0.4 is 15.8 Å². The number of nitrogens with zero attached hydrogens (tertiary/aromatic N) is 4. The lowest BCUT2D eigenvalue weighted by Crippen LogP contribution is -2.43. The van der Waals surface area contributed by atoms with Gasteiger partial charge in [0.1, 0.15) is 5.65 Å². The van der Waals surface area contributed by atoms with Crippen LogP contribution in [0, 0.1) is 17.8 Å². The Morgan fingerprint density at radius 1 is 0.923 bits per heavy atom. The van der Waals surface area contributed by atoms with Gasteiger partial charge in [-0.25, -0.2) is 4.98 Å². The fourth-order valence-corrected chi connectivity index (χ4v) is 6.66. The molecule has 1 aliphatic heterocycles. The first-order chi connectivity index (χ1) is 19.2. The summed E-state index contributed by atoms with van der Waals surface area (Å²) in [6.07, 6.45) is 15.7. The molecular weight excluding hydrogens is 482 g/mol. The molecule has 3 fully saturated rings. The molecular formula is C33H41N5O. The Balaban J connectivity index is 1.20. The molecule has 6 heteroatoms. The maximum absolute atomic E-state index is 13.4. The molecule has 3 aliphatic rings. The van der Waals surface area contributed by atoms with E-state index in [0.717, 1.165) is 74.3 Å². The van der Waals surface area contributed by atoms with Crippen LogP contribution >= 0.6 is 0 Å². The zero-order valence-corrected chi connectivity index (χ0v) is 23.1. The third kappa shape index (κ3) is 6.20. The molecule has 1 aromatic carbocycles. The maximum atomic E-state index is 13.4. The molecule has 204 valence electrons. The summed E-state index contributed by atoms with van der Waals surface area (Å²) >= 11 is 0. The molecule has 0 amide bonds. The molecule has 1 saturated heterocycles. The minimum Gasteiger partial charge on any atom is -0.341 e. The van der Waals surface area contributed by atoms with E-state index in [9.17, 15) is 4.79 Å². The Hall–Kier alpha value is -3.17. The lowest BCUT2D eigenvalue weighted by Gasteiger charge is -2.32. The average molecular weight is 524 g/mol. The number of rotatable bonds is 6. The molecule has 3 aromatic rings. The average Bonchev–Trinajstić information content (AvgIpc) is 3.51. The Morgan fingerprint density at radius 3 is 2.44 bits per heavy atom. The topological polar surface area (TPSA) is 63.1 Å². The standard InChI is InChI=1S/C33H41N5O/c39-31-23-27(16-15-25-9-3-1-4-10-25)30-24-35-33(36-32(30)38(31)29-13-7-8-14-29)37-21-18-28(19-22-37)34-20-17-26-11-5-2-6-12-26/h2,5-6,11-12,23-25,28-29,34H,1,3-4,7-10,13-14,17-22H2. The first kappa shape index (κ1) is 26.1. The van der Waals surface area contributed by atoms with Crippen molar-refractivity contribution in [3.05, 3.63) is 64.1 Å². The molecule has 0 radical (unpaired) electrons. The predicted molar refractivity (Wildman–Crippen MR) is 158 cm³/mol. The van der Waals surface area contributed by atoms with Gasteiger partial charge in [-0.05, 0) is 57.1 Å². The largest absolute Gasteiger partial charge is 0.341 e. The van der Waals surface area contributed by atoms with Gasteiger partial charge in [0.2, 0.25) is 5.95 Å². The zero-order valence-electron chi connectivity index (χ0n) is 23.1. The van der Waals surface area contributed by atoms with Gasteiger partial charge in [0, 0.05) is 48.9 Å². The van der Waals surface area contributed by atoms with Crippen LogP contribution in [0.2, 0.25) is 0 Å². The summed E-state index contributed by atoms with van der Waals surface area (Å²) in [4.78, 5) is 25.6. The molecule has 1 N–H and O–H groups in total. The highest BCUT2D eigenvalue weighted by molar-refractivity contribution is 5.82. The maximum Gasteiger partial charge on any atom is 0.253 e. The SMILES string of the molecule is O=c1cc(C#CC2CCCCC2)c2cnc(N3CCC(NCCc4ccccc4)CC3)nc2n1C1CCCC1. The molecule has 3 heterocycles. The Bertz CT molecular complexity index is 1370. The van der Waals surface area contributed by atoms with Crippen LogP contribution in [0.25, 0.3) is 11.0 Å². The van der Waals surface area contributed by atoms with E-state index in [1.54, 1.807) is 6.07 Å². The van der Waals surface area contributed by atoms with Crippen molar-refractivity contribution < 1.29 is 0 Å². The van der Waals surface area contributed by atoms with Gasteiger partial charge in [0.15, 0.2) is 0 Å². The van der Waals surface area contributed by atoms with E-state index in [4.69, 9.17) is 9.97 Å². The summed E-state index contributed by atoms with van der Waals surface area (Å²) in [5.41, 5.74) is 2.98. The fourth-order valence-electron chi connectivity index (χ4n) is 6.66. The van der Waals surface area contributed by atoms with Crippen LogP contribution in [0.1, 0.15) is 87.8 Å². The van der Waals surface area contributed by atoms with E-state index in [-0.39, 0.29) is 11.6 Å². The normalized spacial score (nSPS) is 19.3. The van der Waals surface area contributed by atoms with Crippen molar-refractivity contribution in [3.8, 4) is 11.8 Å². The summed E-state index contributed by atoms with van der Waals surface area (Å²) in [6.45, 7) is 2.84. The monoisotopic (exact) mass is 523 g/mol. The number of hydrogen-bond acceptors (Lipinski definition) is 5. The second-order valence-corrected chi connectivity index (χ2v) is 11.7. The van der Waals surface area contributed by atoms with E-state index >= 15 is 0 Å². The van der Waals surface area contributed by atoms with Crippen LogP contribution in [0.5, 0.6) is 0 Å². The van der Waals surface area contributed by atoms with E-state index in [0.29, 0.717) is 12.0 Å². The van der Waals surface area contributed by atoms with Crippen LogP contribution in [0.15, 0.2) is 47.4 Å².